The Hall–Kier alpha value is -4.11. The number of aromatic nitrogens is 2. The summed E-state index contributed by atoms with van der Waals surface area (Å²) in [4.78, 5) is 28.3. The van der Waals surface area contributed by atoms with Gasteiger partial charge in [-0.25, -0.2) is 14.3 Å². The number of aryl methyl sites for hydroxylation is 1. The molecule has 4 aromatic rings. The summed E-state index contributed by atoms with van der Waals surface area (Å²) in [7, 11) is 0. The SMILES string of the molecule is Cc1ccc(-n2nc(C(C)(C)C)cc2NC(=O)Nc2cccc(CC3CC4CCC(C3)N4C(=O)Nc3ccsc3)c2)cc1. The minimum atomic E-state index is -0.311. The van der Waals surface area contributed by atoms with Crippen LogP contribution in [-0.2, 0) is 11.8 Å². The van der Waals surface area contributed by atoms with Crippen molar-refractivity contribution in [3.63, 3.8) is 0 Å². The highest BCUT2D eigenvalue weighted by atomic mass is 32.1. The average molecular weight is 597 g/mol. The summed E-state index contributed by atoms with van der Waals surface area (Å²) in [6, 6.07) is 20.4. The predicted octanol–water partition coefficient (Wildman–Crippen LogP) is 8.20. The Morgan fingerprint density at radius 2 is 1.67 bits per heavy atom. The van der Waals surface area contributed by atoms with Crippen LogP contribution < -0.4 is 16.0 Å². The lowest BCUT2D eigenvalue weighted by Crippen LogP contribution is -2.48. The van der Waals surface area contributed by atoms with E-state index in [0.29, 0.717) is 11.7 Å². The molecule has 2 aromatic heterocycles. The van der Waals surface area contributed by atoms with E-state index in [0.717, 1.165) is 60.4 Å². The number of amides is 4. The normalized spacial score (nSPS) is 19.7. The van der Waals surface area contributed by atoms with Gasteiger partial charge in [-0.2, -0.15) is 16.4 Å². The molecule has 224 valence electrons. The van der Waals surface area contributed by atoms with E-state index < -0.39 is 0 Å². The number of hydrogen-bond donors (Lipinski definition) is 3. The van der Waals surface area contributed by atoms with E-state index in [1.54, 1.807) is 16.0 Å². The smallest absolute Gasteiger partial charge is 0.319 e. The molecule has 2 aliphatic heterocycles. The lowest BCUT2D eigenvalue weighted by Gasteiger charge is -2.39. The van der Waals surface area contributed by atoms with Gasteiger partial charge in [0, 0.05) is 34.6 Å². The van der Waals surface area contributed by atoms with Crippen LogP contribution >= 0.6 is 11.3 Å². The van der Waals surface area contributed by atoms with Crippen molar-refractivity contribution in [1.82, 2.24) is 14.7 Å². The zero-order valence-corrected chi connectivity index (χ0v) is 26.1. The van der Waals surface area contributed by atoms with Crippen LogP contribution in [0.3, 0.4) is 0 Å². The fourth-order valence-corrected chi connectivity index (χ4v) is 7.01. The van der Waals surface area contributed by atoms with E-state index in [1.807, 2.05) is 66.2 Å². The van der Waals surface area contributed by atoms with Gasteiger partial charge in [-0.1, -0.05) is 50.6 Å². The number of anilines is 3. The number of nitrogens with one attached hydrogen (secondary N) is 3. The molecule has 43 heavy (non-hydrogen) atoms. The zero-order valence-electron chi connectivity index (χ0n) is 25.3. The largest absolute Gasteiger partial charge is 0.324 e. The van der Waals surface area contributed by atoms with Crippen LogP contribution in [0.15, 0.2) is 71.4 Å². The summed E-state index contributed by atoms with van der Waals surface area (Å²) in [5, 5.41) is 17.9. The number of carbonyl (C=O) groups excluding carboxylic acids is 2. The van der Waals surface area contributed by atoms with Gasteiger partial charge in [-0.05, 0) is 86.2 Å². The standard InChI is InChI=1S/C34H40N6O2S/c1-22-8-10-27(11-9-22)40-31(20-30(38-40)34(2,3)4)37-32(41)35-25-7-5-6-23(17-25)16-24-18-28-12-13-29(19-24)39(28)33(42)36-26-14-15-43-21-26/h5-11,14-15,17,20-21,24,28-29H,12-13,16,18-19H2,1-4H3,(H,36,42)(H2,35,37,41). The minimum Gasteiger partial charge on any atom is -0.319 e. The number of hydrogen-bond acceptors (Lipinski definition) is 4. The first-order valence-electron chi connectivity index (χ1n) is 15.1. The maximum atomic E-state index is 13.2. The summed E-state index contributed by atoms with van der Waals surface area (Å²) in [6.07, 6.45) is 5.07. The molecule has 0 saturated carbocycles. The molecule has 2 unspecified atom stereocenters. The molecule has 4 heterocycles. The number of piperidine rings is 1. The van der Waals surface area contributed by atoms with Crippen LogP contribution in [0.2, 0.25) is 0 Å². The second-order valence-electron chi connectivity index (χ2n) is 13.0. The Balaban J connectivity index is 1.09. The molecule has 2 bridgehead atoms. The number of fused-ring (bicyclic) bond motifs is 2. The lowest BCUT2D eigenvalue weighted by atomic mass is 9.86. The van der Waals surface area contributed by atoms with E-state index in [9.17, 15) is 9.59 Å². The first-order valence-corrected chi connectivity index (χ1v) is 16.0. The van der Waals surface area contributed by atoms with Crippen LogP contribution in [0.1, 0.15) is 63.3 Å². The van der Waals surface area contributed by atoms with Crippen LogP contribution in [0.5, 0.6) is 0 Å². The van der Waals surface area contributed by atoms with E-state index in [1.165, 1.54) is 5.56 Å². The molecule has 2 aromatic carbocycles. The van der Waals surface area contributed by atoms with Crippen molar-refractivity contribution in [2.24, 2.45) is 5.92 Å². The maximum absolute atomic E-state index is 13.2. The van der Waals surface area contributed by atoms with Gasteiger partial charge >= 0.3 is 12.1 Å². The molecule has 2 atom stereocenters. The van der Waals surface area contributed by atoms with Gasteiger partial charge in [0.15, 0.2) is 0 Å². The van der Waals surface area contributed by atoms with Gasteiger partial charge in [-0.3, -0.25) is 5.32 Å². The molecule has 8 nitrogen and oxygen atoms in total. The van der Waals surface area contributed by atoms with E-state index in [2.05, 4.69) is 53.8 Å². The Labute approximate surface area is 257 Å². The van der Waals surface area contributed by atoms with Crippen LogP contribution in [-0.4, -0.2) is 38.8 Å². The van der Waals surface area contributed by atoms with Crippen LogP contribution in [0, 0.1) is 12.8 Å². The molecule has 9 heteroatoms. The summed E-state index contributed by atoms with van der Waals surface area (Å²) >= 11 is 1.59. The van der Waals surface area contributed by atoms with Gasteiger partial charge < -0.3 is 15.5 Å². The predicted molar refractivity (Wildman–Crippen MR) is 174 cm³/mol. The van der Waals surface area contributed by atoms with Crippen LogP contribution in [0.25, 0.3) is 5.69 Å². The number of nitrogens with zero attached hydrogens (tertiary/aromatic N) is 3. The summed E-state index contributed by atoms with van der Waals surface area (Å²) in [6.45, 7) is 8.38. The van der Waals surface area contributed by atoms with Crippen molar-refractivity contribution >= 4 is 40.6 Å². The Morgan fingerprint density at radius 3 is 2.35 bits per heavy atom. The van der Waals surface area contributed by atoms with Gasteiger partial charge in [0.1, 0.15) is 5.82 Å². The molecular formula is C34H40N6O2S. The molecule has 6 rings (SSSR count). The molecule has 0 aliphatic carbocycles. The van der Waals surface area contributed by atoms with Gasteiger partial charge in [-0.15, -0.1) is 0 Å². The van der Waals surface area contributed by atoms with E-state index in [-0.39, 0.29) is 29.6 Å². The van der Waals surface area contributed by atoms with Gasteiger partial charge in [0.25, 0.3) is 0 Å². The summed E-state index contributed by atoms with van der Waals surface area (Å²) in [5.74, 6) is 1.12. The van der Waals surface area contributed by atoms with Crippen molar-refractivity contribution in [2.45, 2.75) is 77.3 Å². The average Bonchev–Trinajstić information content (AvgIpc) is 3.68. The van der Waals surface area contributed by atoms with E-state index >= 15 is 0 Å². The number of thiophene rings is 1. The Kier molecular flexibility index (Phi) is 8.01. The van der Waals surface area contributed by atoms with Crippen molar-refractivity contribution in [2.75, 3.05) is 16.0 Å². The third kappa shape index (κ3) is 6.62. The molecule has 2 fully saturated rings. The fourth-order valence-electron chi connectivity index (χ4n) is 6.42. The van der Waals surface area contributed by atoms with Crippen molar-refractivity contribution in [3.8, 4) is 5.69 Å². The second-order valence-corrected chi connectivity index (χ2v) is 13.7. The van der Waals surface area contributed by atoms with Crippen LogP contribution in [0.4, 0.5) is 26.8 Å². The maximum Gasteiger partial charge on any atom is 0.324 e. The molecule has 0 radical (unpaired) electrons. The van der Waals surface area contributed by atoms with E-state index in [4.69, 9.17) is 5.10 Å². The fraction of sp³-hybridized carbons (Fsp3) is 0.382. The minimum absolute atomic E-state index is 0.0277. The monoisotopic (exact) mass is 596 g/mol. The summed E-state index contributed by atoms with van der Waals surface area (Å²) in [5.41, 5.74) is 5.61. The quantitative estimate of drug-likeness (QED) is 0.210. The molecular weight excluding hydrogens is 556 g/mol. The summed E-state index contributed by atoms with van der Waals surface area (Å²) < 4.78 is 1.79. The second kappa shape index (κ2) is 11.9. The molecule has 0 spiro atoms. The first kappa shape index (κ1) is 29.0. The Bertz CT molecular complexity index is 1570. The highest BCUT2D eigenvalue weighted by molar-refractivity contribution is 7.08. The number of urea groups is 2. The topological polar surface area (TPSA) is 91.3 Å². The number of carbonyl (C=O) groups is 2. The first-order chi connectivity index (χ1) is 20.6. The van der Waals surface area contributed by atoms with Crippen molar-refractivity contribution in [1.29, 1.82) is 0 Å². The molecule has 2 saturated heterocycles. The third-order valence-corrected chi connectivity index (χ3v) is 9.23. The van der Waals surface area contributed by atoms with Crippen molar-refractivity contribution < 1.29 is 9.59 Å². The third-order valence-electron chi connectivity index (χ3n) is 8.54. The zero-order chi connectivity index (χ0) is 30.1. The van der Waals surface area contributed by atoms with Crippen molar-refractivity contribution in [3.05, 3.63) is 88.2 Å². The molecule has 2 aliphatic rings. The lowest BCUT2D eigenvalue weighted by molar-refractivity contribution is 0.131. The van der Waals surface area contributed by atoms with Gasteiger partial charge in [0.2, 0.25) is 0 Å². The highest BCUT2D eigenvalue weighted by Crippen LogP contribution is 2.40. The van der Waals surface area contributed by atoms with Gasteiger partial charge in [0.05, 0.1) is 17.1 Å². The number of rotatable bonds is 6. The Morgan fingerprint density at radius 1 is 0.930 bits per heavy atom. The highest BCUT2D eigenvalue weighted by Gasteiger charge is 2.43. The molecule has 3 N–H and O–H groups in total. The number of benzene rings is 2. The molecule has 4 amide bonds.